The lowest BCUT2D eigenvalue weighted by Crippen LogP contribution is -2.11. The van der Waals surface area contributed by atoms with E-state index in [9.17, 15) is 0 Å². The van der Waals surface area contributed by atoms with E-state index < -0.39 is 0 Å². The van der Waals surface area contributed by atoms with Gasteiger partial charge in [-0.05, 0) is 13.3 Å². The van der Waals surface area contributed by atoms with Crippen molar-refractivity contribution >= 4 is 11.5 Å². The summed E-state index contributed by atoms with van der Waals surface area (Å²) in [4.78, 5) is 8.65. The van der Waals surface area contributed by atoms with Gasteiger partial charge in [0.25, 0.3) is 0 Å². The second-order valence-corrected chi connectivity index (χ2v) is 3.77. The lowest BCUT2D eigenvalue weighted by molar-refractivity contribution is 0.327. The number of unbranched alkanes of at least 4 members (excludes halogenated alkanes) is 1. The van der Waals surface area contributed by atoms with Gasteiger partial charge in [0.15, 0.2) is 5.82 Å². The van der Waals surface area contributed by atoms with Crippen LogP contribution in [0, 0.1) is 0 Å². The summed E-state index contributed by atoms with van der Waals surface area (Å²) in [7, 11) is 0. The van der Waals surface area contributed by atoms with E-state index in [1.54, 1.807) is 0 Å². The first-order valence-corrected chi connectivity index (χ1v) is 6.25. The first-order valence-electron chi connectivity index (χ1n) is 6.25. The molecule has 0 aliphatic heterocycles. The van der Waals surface area contributed by atoms with Gasteiger partial charge in [-0.25, -0.2) is 4.98 Å². The maximum atomic E-state index is 5.96. The zero-order valence-electron chi connectivity index (χ0n) is 10.9. The molecule has 0 saturated carbocycles. The average molecular weight is 238 g/mol. The van der Waals surface area contributed by atoms with Gasteiger partial charge in [0, 0.05) is 13.0 Å². The van der Waals surface area contributed by atoms with Gasteiger partial charge in [-0.2, -0.15) is 4.98 Å². The third kappa shape index (κ3) is 3.76. The van der Waals surface area contributed by atoms with Gasteiger partial charge in [0.2, 0.25) is 5.88 Å². The Balaban J connectivity index is 2.89. The zero-order chi connectivity index (χ0) is 12.7. The van der Waals surface area contributed by atoms with Crippen LogP contribution >= 0.6 is 0 Å². The van der Waals surface area contributed by atoms with E-state index in [0.29, 0.717) is 24.0 Å². The highest BCUT2D eigenvalue weighted by atomic mass is 16.5. The van der Waals surface area contributed by atoms with Gasteiger partial charge >= 0.3 is 0 Å². The number of aromatic nitrogens is 2. The highest BCUT2D eigenvalue weighted by Crippen LogP contribution is 2.26. The fraction of sp³-hybridized carbons (Fsp3) is 0.667. The van der Waals surface area contributed by atoms with Gasteiger partial charge in [0.05, 0.1) is 6.61 Å². The van der Waals surface area contributed by atoms with Crippen LogP contribution in [-0.2, 0) is 6.42 Å². The smallest absolute Gasteiger partial charge is 0.242 e. The van der Waals surface area contributed by atoms with Crippen LogP contribution in [0.1, 0.15) is 39.4 Å². The Morgan fingerprint density at radius 1 is 1.24 bits per heavy atom. The van der Waals surface area contributed by atoms with E-state index in [1.165, 1.54) is 0 Å². The third-order valence-electron chi connectivity index (χ3n) is 2.38. The van der Waals surface area contributed by atoms with Crippen LogP contribution in [0.3, 0.4) is 0 Å². The maximum absolute atomic E-state index is 5.96. The van der Waals surface area contributed by atoms with Crippen molar-refractivity contribution in [2.24, 2.45) is 0 Å². The summed E-state index contributed by atoms with van der Waals surface area (Å²) in [6.07, 6.45) is 2.99. The van der Waals surface area contributed by atoms with Crippen LogP contribution in [0.4, 0.5) is 11.5 Å². The van der Waals surface area contributed by atoms with Gasteiger partial charge in [0.1, 0.15) is 11.5 Å². The number of ether oxygens (including phenoxy) is 1. The van der Waals surface area contributed by atoms with Gasteiger partial charge < -0.3 is 15.8 Å². The van der Waals surface area contributed by atoms with Gasteiger partial charge in [-0.3, -0.25) is 0 Å². The summed E-state index contributed by atoms with van der Waals surface area (Å²) >= 11 is 0. The molecule has 0 saturated heterocycles. The van der Waals surface area contributed by atoms with E-state index in [-0.39, 0.29) is 0 Å². The molecule has 3 N–H and O–H groups in total. The molecular formula is C12H22N4O. The van der Waals surface area contributed by atoms with E-state index in [4.69, 9.17) is 10.5 Å². The van der Waals surface area contributed by atoms with Crippen molar-refractivity contribution < 1.29 is 4.74 Å². The number of nitrogen functional groups attached to an aromatic ring is 1. The fourth-order valence-corrected chi connectivity index (χ4v) is 1.42. The highest BCUT2D eigenvalue weighted by Gasteiger charge is 2.11. The Morgan fingerprint density at radius 3 is 2.59 bits per heavy atom. The Labute approximate surface area is 103 Å². The summed E-state index contributed by atoms with van der Waals surface area (Å²) in [5.41, 5.74) is 6.46. The normalized spacial score (nSPS) is 10.3. The van der Waals surface area contributed by atoms with Crippen molar-refractivity contribution in [1.82, 2.24) is 9.97 Å². The molecule has 0 radical (unpaired) electrons. The first kappa shape index (κ1) is 13.5. The van der Waals surface area contributed by atoms with Crippen molar-refractivity contribution in [3.8, 4) is 5.88 Å². The van der Waals surface area contributed by atoms with Crippen molar-refractivity contribution in [3.05, 3.63) is 5.82 Å². The Kier molecular flexibility index (Phi) is 5.52. The molecule has 5 heteroatoms. The van der Waals surface area contributed by atoms with Gasteiger partial charge in [-0.1, -0.05) is 20.3 Å². The summed E-state index contributed by atoms with van der Waals surface area (Å²) in [5, 5.41) is 3.23. The molecule has 0 aliphatic rings. The van der Waals surface area contributed by atoms with E-state index in [2.05, 4.69) is 22.2 Å². The van der Waals surface area contributed by atoms with Crippen molar-refractivity contribution in [1.29, 1.82) is 0 Å². The van der Waals surface area contributed by atoms with Crippen LogP contribution in [0.5, 0.6) is 5.88 Å². The summed E-state index contributed by atoms with van der Waals surface area (Å²) in [6.45, 7) is 7.49. The van der Waals surface area contributed by atoms with Crippen LogP contribution in [-0.4, -0.2) is 23.1 Å². The quantitative estimate of drug-likeness (QED) is 0.713. The SMILES string of the molecule is CCCCNc1nc(CC)nc(OCC)c1N. The molecule has 1 rings (SSSR count). The molecule has 0 bridgehead atoms. The van der Waals surface area contributed by atoms with Crippen molar-refractivity contribution in [3.63, 3.8) is 0 Å². The van der Waals surface area contributed by atoms with Crippen LogP contribution in [0.25, 0.3) is 0 Å². The van der Waals surface area contributed by atoms with Crippen LogP contribution < -0.4 is 15.8 Å². The summed E-state index contributed by atoms with van der Waals surface area (Å²) in [5.74, 6) is 1.92. The summed E-state index contributed by atoms with van der Waals surface area (Å²) < 4.78 is 5.41. The minimum Gasteiger partial charge on any atom is -0.476 e. The highest BCUT2D eigenvalue weighted by molar-refractivity contribution is 5.66. The number of rotatable bonds is 7. The molecule has 0 unspecified atom stereocenters. The van der Waals surface area contributed by atoms with Crippen molar-refractivity contribution in [2.45, 2.75) is 40.0 Å². The number of hydrogen-bond donors (Lipinski definition) is 2. The molecule has 1 aromatic heterocycles. The number of aryl methyl sites for hydroxylation is 1. The fourth-order valence-electron chi connectivity index (χ4n) is 1.42. The molecular weight excluding hydrogens is 216 g/mol. The lowest BCUT2D eigenvalue weighted by atomic mass is 10.3. The predicted molar refractivity (Wildman–Crippen MR) is 70.4 cm³/mol. The molecule has 0 fully saturated rings. The number of hydrogen-bond acceptors (Lipinski definition) is 5. The minimum absolute atomic E-state index is 0.485. The second-order valence-electron chi connectivity index (χ2n) is 3.77. The molecule has 0 spiro atoms. The predicted octanol–water partition coefficient (Wildman–Crippen LogP) is 2.23. The second kappa shape index (κ2) is 6.93. The molecule has 96 valence electrons. The molecule has 1 aromatic rings. The maximum Gasteiger partial charge on any atom is 0.242 e. The van der Waals surface area contributed by atoms with E-state index >= 15 is 0 Å². The molecule has 0 aliphatic carbocycles. The molecule has 0 atom stereocenters. The van der Waals surface area contributed by atoms with Crippen molar-refractivity contribution in [2.75, 3.05) is 24.2 Å². The number of nitrogens with zero attached hydrogens (tertiary/aromatic N) is 2. The molecule has 17 heavy (non-hydrogen) atoms. The molecule has 0 aromatic carbocycles. The first-order chi connectivity index (χ1) is 8.22. The third-order valence-corrected chi connectivity index (χ3v) is 2.38. The Morgan fingerprint density at radius 2 is 2.00 bits per heavy atom. The number of nitrogens with one attached hydrogen (secondary N) is 1. The van der Waals surface area contributed by atoms with E-state index in [0.717, 1.165) is 31.6 Å². The monoisotopic (exact) mass is 238 g/mol. The summed E-state index contributed by atoms with van der Waals surface area (Å²) in [6, 6.07) is 0. The Bertz CT molecular complexity index is 355. The molecule has 1 heterocycles. The molecule has 5 nitrogen and oxygen atoms in total. The Hall–Kier alpha value is -1.52. The number of nitrogens with two attached hydrogens (primary N) is 1. The number of anilines is 2. The molecule has 0 amide bonds. The zero-order valence-corrected chi connectivity index (χ0v) is 10.9. The topological polar surface area (TPSA) is 73.1 Å². The van der Waals surface area contributed by atoms with E-state index in [1.807, 2.05) is 13.8 Å². The van der Waals surface area contributed by atoms with Crippen LogP contribution in [0.2, 0.25) is 0 Å². The minimum atomic E-state index is 0.485. The van der Waals surface area contributed by atoms with Crippen LogP contribution in [0.15, 0.2) is 0 Å². The average Bonchev–Trinajstić information content (AvgIpc) is 2.34. The standard InChI is InChI=1S/C12H22N4O/c1-4-7-8-14-11-10(13)12(17-6-3)16-9(5-2)15-11/h4-8,13H2,1-3H3,(H,14,15,16). The van der Waals surface area contributed by atoms with Gasteiger partial charge in [-0.15, -0.1) is 0 Å². The largest absolute Gasteiger partial charge is 0.476 e. The lowest BCUT2D eigenvalue weighted by Gasteiger charge is -2.12.